The topological polar surface area (TPSA) is 80.0 Å². The van der Waals surface area contributed by atoms with E-state index in [0.29, 0.717) is 0 Å². The Labute approximate surface area is 174 Å². The van der Waals surface area contributed by atoms with Gasteiger partial charge in [-0.05, 0) is 18.6 Å². The maximum Gasteiger partial charge on any atom is 0.379 e. The van der Waals surface area contributed by atoms with E-state index in [9.17, 15) is 13.6 Å². The van der Waals surface area contributed by atoms with Gasteiger partial charge in [-0.15, -0.1) is 12.4 Å². The van der Waals surface area contributed by atoms with E-state index in [1.165, 1.54) is 33.3 Å². The molecule has 1 atom stereocenters. The molecule has 9 heteroatoms. The minimum absolute atomic E-state index is 0. The smallest absolute Gasteiger partial charge is 0.379 e. The number of alkyl halides is 2. The average molecular weight is 432 g/mol. The SMILES string of the molecule is CCOC(=O)C(F)(F)[C@@H](N)c1cc(OC)c(OC)cc1OCc1ccccc1.Cl. The van der Waals surface area contributed by atoms with E-state index < -0.39 is 17.9 Å². The zero-order chi connectivity index (χ0) is 20.7. The quantitative estimate of drug-likeness (QED) is 0.606. The molecular weight excluding hydrogens is 408 g/mol. The van der Waals surface area contributed by atoms with E-state index in [0.717, 1.165) is 5.56 Å². The van der Waals surface area contributed by atoms with Crippen LogP contribution >= 0.6 is 12.4 Å². The lowest BCUT2D eigenvalue weighted by atomic mass is 9.99. The van der Waals surface area contributed by atoms with Gasteiger partial charge >= 0.3 is 11.9 Å². The van der Waals surface area contributed by atoms with Crippen LogP contribution in [0.4, 0.5) is 8.78 Å². The van der Waals surface area contributed by atoms with Crippen molar-refractivity contribution in [3.05, 3.63) is 53.6 Å². The zero-order valence-electron chi connectivity index (χ0n) is 16.3. The van der Waals surface area contributed by atoms with Crippen molar-refractivity contribution in [3.8, 4) is 17.2 Å². The van der Waals surface area contributed by atoms with Crippen LogP contribution in [0, 0.1) is 0 Å². The number of methoxy groups -OCH3 is 2. The third-order valence-electron chi connectivity index (χ3n) is 4.03. The van der Waals surface area contributed by atoms with Gasteiger partial charge in [-0.25, -0.2) is 4.79 Å². The van der Waals surface area contributed by atoms with E-state index in [1.807, 2.05) is 30.3 Å². The Balaban J connectivity index is 0.00000420. The summed E-state index contributed by atoms with van der Waals surface area (Å²) < 4.78 is 49.6. The van der Waals surface area contributed by atoms with E-state index in [4.69, 9.17) is 19.9 Å². The molecule has 0 fully saturated rings. The average Bonchev–Trinajstić information content (AvgIpc) is 2.71. The molecule has 0 aromatic heterocycles. The van der Waals surface area contributed by atoms with Crippen molar-refractivity contribution in [2.24, 2.45) is 5.73 Å². The number of benzene rings is 2. The molecule has 160 valence electrons. The minimum Gasteiger partial charge on any atom is -0.493 e. The lowest BCUT2D eigenvalue weighted by Crippen LogP contribution is -2.42. The first-order valence-corrected chi connectivity index (χ1v) is 8.58. The Kier molecular flexibility index (Phi) is 9.13. The van der Waals surface area contributed by atoms with Crippen molar-refractivity contribution in [1.82, 2.24) is 0 Å². The third-order valence-corrected chi connectivity index (χ3v) is 4.03. The van der Waals surface area contributed by atoms with Crippen LogP contribution in [0.1, 0.15) is 24.1 Å². The monoisotopic (exact) mass is 431 g/mol. The molecule has 0 saturated carbocycles. The second-order valence-electron chi connectivity index (χ2n) is 5.84. The van der Waals surface area contributed by atoms with Crippen LogP contribution < -0.4 is 19.9 Å². The molecule has 0 saturated heterocycles. The van der Waals surface area contributed by atoms with Gasteiger partial charge in [0.25, 0.3) is 0 Å². The number of carbonyl (C=O) groups excluding carboxylic acids is 1. The Morgan fingerprint density at radius 2 is 1.66 bits per heavy atom. The molecule has 0 spiro atoms. The Bertz CT molecular complexity index is 805. The van der Waals surface area contributed by atoms with Crippen molar-refractivity contribution in [1.29, 1.82) is 0 Å². The number of hydrogen-bond acceptors (Lipinski definition) is 6. The maximum atomic E-state index is 14.5. The molecule has 0 radical (unpaired) electrons. The van der Waals surface area contributed by atoms with E-state index in [-0.39, 0.29) is 48.4 Å². The molecule has 0 bridgehead atoms. The summed E-state index contributed by atoms with van der Waals surface area (Å²) >= 11 is 0. The molecule has 2 aromatic rings. The number of hydrogen-bond donors (Lipinski definition) is 1. The van der Waals surface area contributed by atoms with Crippen LogP contribution in [0.15, 0.2) is 42.5 Å². The van der Waals surface area contributed by atoms with E-state index in [1.54, 1.807) is 0 Å². The van der Waals surface area contributed by atoms with Crippen molar-refractivity contribution in [3.63, 3.8) is 0 Å². The Morgan fingerprint density at radius 3 is 2.21 bits per heavy atom. The second kappa shape index (κ2) is 10.8. The standard InChI is InChI=1S/C20H23F2NO5.ClH/c1-4-27-19(24)20(21,22)18(23)14-10-16(25-2)17(26-3)11-15(14)28-12-13-8-6-5-7-9-13;/h5-11,18H,4,12,23H2,1-3H3;1H/t18-;/m0./s1. The molecule has 0 amide bonds. The summed E-state index contributed by atoms with van der Waals surface area (Å²) in [4.78, 5) is 11.7. The molecule has 0 aliphatic heterocycles. The molecule has 2 N–H and O–H groups in total. The van der Waals surface area contributed by atoms with Crippen LogP contribution in [0.5, 0.6) is 17.2 Å². The third kappa shape index (κ3) is 5.71. The fourth-order valence-electron chi connectivity index (χ4n) is 2.53. The summed E-state index contributed by atoms with van der Waals surface area (Å²) in [5.74, 6) is -5.15. The summed E-state index contributed by atoms with van der Waals surface area (Å²) in [7, 11) is 2.77. The summed E-state index contributed by atoms with van der Waals surface area (Å²) in [6.45, 7) is 1.36. The van der Waals surface area contributed by atoms with Gasteiger partial charge in [0.2, 0.25) is 0 Å². The highest BCUT2D eigenvalue weighted by molar-refractivity contribution is 5.85. The van der Waals surface area contributed by atoms with E-state index >= 15 is 0 Å². The lowest BCUT2D eigenvalue weighted by molar-refractivity contribution is -0.174. The van der Waals surface area contributed by atoms with Crippen molar-refractivity contribution in [2.45, 2.75) is 25.5 Å². The molecule has 0 aliphatic carbocycles. The fraction of sp³-hybridized carbons (Fsp3) is 0.350. The summed E-state index contributed by atoms with van der Waals surface area (Å²) in [5.41, 5.74) is 6.48. The molecule has 2 aromatic carbocycles. The van der Waals surface area contributed by atoms with Gasteiger partial charge in [-0.1, -0.05) is 30.3 Å². The van der Waals surface area contributed by atoms with Gasteiger partial charge < -0.3 is 24.7 Å². The molecule has 0 unspecified atom stereocenters. The normalized spacial score (nSPS) is 11.8. The lowest BCUT2D eigenvalue weighted by Gasteiger charge is -2.25. The van der Waals surface area contributed by atoms with Gasteiger partial charge in [0.1, 0.15) is 18.4 Å². The number of rotatable bonds is 9. The highest BCUT2D eigenvalue weighted by Crippen LogP contribution is 2.42. The van der Waals surface area contributed by atoms with Gasteiger partial charge in [0.15, 0.2) is 11.5 Å². The fourth-order valence-corrected chi connectivity index (χ4v) is 2.53. The molecule has 0 heterocycles. The number of nitrogens with two attached hydrogens (primary N) is 1. The summed E-state index contributed by atoms with van der Waals surface area (Å²) in [6, 6.07) is 9.83. The summed E-state index contributed by atoms with van der Waals surface area (Å²) in [6.07, 6.45) is 0. The van der Waals surface area contributed by atoms with Gasteiger partial charge in [-0.2, -0.15) is 8.78 Å². The van der Waals surface area contributed by atoms with Crippen LogP contribution in [0.2, 0.25) is 0 Å². The first-order chi connectivity index (χ1) is 13.3. The maximum absolute atomic E-state index is 14.5. The second-order valence-corrected chi connectivity index (χ2v) is 5.84. The minimum atomic E-state index is -3.96. The van der Waals surface area contributed by atoms with Crippen LogP contribution in [0.3, 0.4) is 0 Å². The van der Waals surface area contributed by atoms with Crippen molar-refractivity contribution in [2.75, 3.05) is 20.8 Å². The first-order valence-electron chi connectivity index (χ1n) is 8.58. The molecule has 6 nitrogen and oxygen atoms in total. The number of carbonyl (C=O) groups is 1. The highest BCUT2D eigenvalue weighted by Gasteiger charge is 2.49. The van der Waals surface area contributed by atoms with Gasteiger partial charge in [0.05, 0.1) is 20.8 Å². The molecular formula is C20H24ClF2NO5. The van der Waals surface area contributed by atoms with Crippen molar-refractivity contribution >= 4 is 18.4 Å². The van der Waals surface area contributed by atoms with Crippen LogP contribution in [-0.4, -0.2) is 32.7 Å². The number of ether oxygens (including phenoxy) is 4. The summed E-state index contributed by atoms with van der Waals surface area (Å²) in [5, 5.41) is 0. The Hall–Kier alpha value is -2.58. The number of esters is 1. The van der Waals surface area contributed by atoms with Crippen LogP contribution in [0.25, 0.3) is 0 Å². The first kappa shape index (κ1) is 24.5. The zero-order valence-corrected chi connectivity index (χ0v) is 17.1. The van der Waals surface area contributed by atoms with Gasteiger partial charge in [0, 0.05) is 11.6 Å². The predicted molar refractivity (Wildman–Crippen MR) is 106 cm³/mol. The largest absolute Gasteiger partial charge is 0.493 e. The highest BCUT2D eigenvalue weighted by atomic mass is 35.5. The molecule has 29 heavy (non-hydrogen) atoms. The van der Waals surface area contributed by atoms with Crippen molar-refractivity contribution < 1.29 is 32.5 Å². The molecule has 2 rings (SSSR count). The predicted octanol–water partition coefficient (Wildman–Crippen LogP) is 3.90. The van der Waals surface area contributed by atoms with E-state index in [2.05, 4.69) is 4.74 Å². The molecule has 0 aliphatic rings. The Morgan fingerprint density at radius 1 is 1.07 bits per heavy atom. The number of halogens is 3. The van der Waals surface area contributed by atoms with Gasteiger partial charge in [-0.3, -0.25) is 0 Å². The van der Waals surface area contributed by atoms with Crippen LogP contribution in [-0.2, 0) is 16.1 Å².